The molecule has 3 N–H and O–H groups in total. The second-order valence-electron chi connectivity index (χ2n) is 6.54. The third-order valence-electron chi connectivity index (χ3n) is 3.27. The van der Waals surface area contributed by atoms with Crippen molar-refractivity contribution in [2.45, 2.75) is 39.9 Å². The van der Waals surface area contributed by atoms with Gasteiger partial charge in [-0.2, -0.15) is 0 Å². The summed E-state index contributed by atoms with van der Waals surface area (Å²) in [5.41, 5.74) is 7.27. The minimum absolute atomic E-state index is 0.295. The number of anilines is 1. The second-order valence-corrected chi connectivity index (χ2v) is 6.54. The zero-order valence-corrected chi connectivity index (χ0v) is 15.8. The van der Waals surface area contributed by atoms with Crippen LogP contribution in [0.3, 0.4) is 0 Å². The molecule has 0 heterocycles. The number of nitrogens with two attached hydrogens (primary N) is 1. The van der Waals surface area contributed by atoms with E-state index in [1.54, 1.807) is 12.0 Å². The van der Waals surface area contributed by atoms with Gasteiger partial charge < -0.3 is 25.4 Å². The summed E-state index contributed by atoms with van der Waals surface area (Å²) in [5, 5.41) is 3.07. The number of aliphatic imine (C=N–C) groups is 1. The van der Waals surface area contributed by atoms with E-state index in [2.05, 4.69) is 10.3 Å². The van der Waals surface area contributed by atoms with E-state index in [4.69, 9.17) is 15.2 Å². The van der Waals surface area contributed by atoms with E-state index < -0.39 is 5.60 Å². The zero-order valence-electron chi connectivity index (χ0n) is 15.8. The van der Waals surface area contributed by atoms with E-state index in [-0.39, 0.29) is 6.09 Å². The van der Waals surface area contributed by atoms with Crippen LogP contribution in [0.15, 0.2) is 29.3 Å². The first-order valence-corrected chi connectivity index (χ1v) is 8.38. The number of para-hydroxylation sites is 1. The van der Waals surface area contributed by atoms with Gasteiger partial charge in [0.15, 0.2) is 5.96 Å². The molecule has 0 fully saturated rings. The summed E-state index contributed by atoms with van der Waals surface area (Å²) in [5.74, 6) is 0.295. The maximum atomic E-state index is 12.1. The average molecular weight is 350 g/mol. The molecule has 0 atom stereocenters. The molecule has 1 amide bonds. The van der Waals surface area contributed by atoms with E-state index in [1.165, 1.54) is 0 Å². The summed E-state index contributed by atoms with van der Waals surface area (Å²) in [7, 11) is 1.64. The quantitative estimate of drug-likeness (QED) is 0.583. The van der Waals surface area contributed by atoms with Gasteiger partial charge in [0.1, 0.15) is 5.60 Å². The second kappa shape index (κ2) is 9.88. The molecule has 1 aromatic carbocycles. The third-order valence-corrected chi connectivity index (χ3v) is 3.27. The molecule has 0 aromatic heterocycles. The van der Waals surface area contributed by atoms with Crippen LogP contribution in [0.4, 0.5) is 10.5 Å². The van der Waals surface area contributed by atoms with Gasteiger partial charge in [0.25, 0.3) is 0 Å². The van der Waals surface area contributed by atoms with Gasteiger partial charge in [-0.15, -0.1) is 0 Å². The highest BCUT2D eigenvalue weighted by Gasteiger charge is 2.20. The van der Waals surface area contributed by atoms with Crippen LogP contribution in [0.1, 0.15) is 33.3 Å². The monoisotopic (exact) mass is 350 g/mol. The number of methoxy groups -OCH3 is 1. The van der Waals surface area contributed by atoms with E-state index in [0.717, 1.165) is 11.3 Å². The zero-order chi connectivity index (χ0) is 18.9. The Kier molecular flexibility index (Phi) is 8.21. The lowest BCUT2D eigenvalue weighted by atomic mass is 10.2. The summed E-state index contributed by atoms with van der Waals surface area (Å²) in [6.07, 6.45) is -0.345. The molecular formula is C18H30N4O3. The Balaban J connectivity index is 2.58. The first-order valence-electron chi connectivity index (χ1n) is 8.38. The maximum Gasteiger partial charge on any atom is 0.410 e. The van der Waals surface area contributed by atoms with Crippen molar-refractivity contribution in [1.29, 1.82) is 0 Å². The summed E-state index contributed by atoms with van der Waals surface area (Å²) in [6.45, 7) is 9.29. The van der Waals surface area contributed by atoms with Crippen molar-refractivity contribution in [3.05, 3.63) is 29.8 Å². The van der Waals surface area contributed by atoms with Gasteiger partial charge in [0.2, 0.25) is 0 Å². The topological polar surface area (TPSA) is 89.2 Å². The SMILES string of the molecule is CCN(CCN=C(N)Nc1ccccc1COC)C(=O)OC(C)(C)C. The molecule has 0 unspecified atom stereocenters. The van der Waals surface area contributed by atoms with Crippen LogP contribution >= 0.6 is 0 Å². The maximum absolute atomic E-state index is 12.1. The Hall–Kier alpha value is -2.28. The molecule has 0 saturated carbocycles. The normalized spacial score (nSPS) is 12.0. The Morgan fingerprint density at radius 2 is 2.00 bits per heavy atom. The van der Waals surface area contributed by atoms with Crippen LogP contribution in [0.25, 0.3) is 0 Å². The molecule has 0 aliphatic rings. The van der Waals surface area contributed by atoms with Crippen molar-refractivity contribution in [3.8, 4) is 0 Å². The Morgan fingerprint density at radius 3 is 2.60 bits per heavy atom. The van der Waals surface area contributed by atoms with Gasteiger partial charge in [0.05, 0.1) is 13.2 Å². The lowest BCUT2D eigenvalue weighted by Gasteiger charge is -2.26. The number of nitrogens with one attached hydrogen (secondary N) is 1. The number of carbonyl (C=O) groups excluding carboxylic acids is 1. The van der Waals surface area contributed by atoms with E-state index in [1.807, 2.05) is 52.0 Å². The van der Waals surface area contributed by atoms with Gasteiger partial charge in [-0.1, -0.05) is 18.2 Å². The number of carbonyl (C=O) groups is 1. The van der Waals surface area contributed by atoms with Gasteiger partial charge >= 0.3 is 6.09 Å². The largest absolute Gasteiger partial charge is 0.444 e. The summed E-state index contributed by atoms with van der Waals surface area (Å²) < 4.78 is 10.5. The van der Waals surface area contributed by atoms with E-state index >= 15 is 0 Å². The van der Waals surface area contributed by atoms with Crippen molar-refractivity contribution in [1.82, 2.24) is 4.90 Å². The van der Waals surface area contributed by atoms with Crippen LogP contribution in [-0.4, -0.2) is 49.3 Å². The fourth-order valence-electron chi connectivity index (χ4n) is 2.10. The predicted molar refractivity (Wildman–Crippen MR) is 101 cm³/mol. The van der Waals surface area contributed by atoms with Crippen LogP contribution in [0.5, 0.6) is 0 Å². The van der Waals surface area contributed by atoms with Crippen molar-refractivity contribution in [3.63, 3.8) is 0 Å². The first-order chi connectivity index (χ1) is 11.8. The third kappa shape index (κ3) is 7.89. The molecule has 25 heavy (non-hydrogen) atoms. The summed E-state index contributed by atoms with van der Waals surface area (Å²) in [6, 6.07) is 7.72. The average Bonchev–Trinajstić information content (AvgIpc) is 2.52. The van der Waals surface area contributed by atoms with Crippen molar-refractivity contribution in [2.75, 3.05) is 32.1 Å². The number of amides is 1. The molecule has 0 radical (unpaired) electrons. The van der Waals surface area contributed by atoms with Crippen LogP contribution in [0, 0.1) is 0 Å². The van der Waals surface area contributed by atoms with Gasteiger partial charge in [-0.3, -0.25) is 4.99 Å². The highest BCUT2D eigenvalue weighted by molar-refractivity contribution is 5.93. The minimum atomic E-state index is -0.514. The standard InChI is InChI=1S/C18H30N4O3/c1-6-22(17(23)25-18(2,3)4)12-11-20-16(19)21-15-10-8-7-9-14(15)13-24-5/h7-10H,6,11-13H2,1-5H3,(H3,19,20,21). The smallest absolute Gasteiger partial charge is 0.410 e. The number of nitrogens with zero attached hydrogens (tertiary/aromatic N) is 2. The number of guanidine groups is 1. The van der Waals surface area contributed by atoms with Gasteiger partial charge in [0, 0.05) is 31.5 Å². The number of hydrogen-bond acceptors (Lipinski definition) is 4. The molecule has 0 spiro atoms. The fraction of sp³-hybridized carbons (Fsp3) is 0.556. The number of rotatable bonds is 7. The number of ether oxygens (including phenoxy) is 2. The molecule has 0 bridgehead atoms. The molecule has 0 aliphatic heterocycles. The van der Waals surface area contributed by atoms with Gasteiger partial charge in [-0.05, 0) is 33.8 Å². The highest BCUT2D eigenvalue weighted by Crippen LogP contribution is 2.15. The fourth-order valence-corrected chi connectivity index (χ4v) is 2.10. The predicted octanol–water partition coefficient (Wildman–Crippen LogP) is 2.82. The molecule has 7 nitrogen and oxygen atoms in total. The van der Waals surface area contributed by atoms with Crippen molar-refractivity contribution < 1.29 is 14.3 Å². The molecule has 0 aliphatic carbocycles. The van der Waals surface area contributed by atoms with E-state index in [0.29, 0.717) is 32.2 Å². The molecule has 1 rings (SSSR count). The number of hydrogen-bond donors (Lipinski definition) is 2. The summed E-state index contributed by atoms with van der Waals surface area (Å²) in [4.78, 5) is 17.9. The van der Waals surface area contributed by atoms with Crippen molar-refractivity contribution in [2.24, 2.45) is 10.7 Å². The molecule has 7 heteroatoms. The lowest BCUT2D eigenvalue weighted by molar-refractivity contribution is 0.0266. The lowest BCUT2D eigenvalue weighted by Crippen LogP contribution is -2.38. The number of likely N-dealkylation sites (N-methyl/N-ethyl adjacent to an activating group) is 1. The van der Waals surface area contributed by atoms with E-state index in [9.17, 15) is 4.79 Å². The minimum Gasteiger partial charge on any atom is -0.444 e. The highest BCUT2D eigenvalue weighted by atomic mass is 16.6. The Bertz CT molecular complexity index is 582. The summed E-state index contributed by atoms with van der Waals surface area (Å²) >= 11 is 0. The van der Waals surface area contributed by atoms with Crippen LogP contribution < -0.4 is 11.1 Å². The molecule has 1 aromatic rings. The molecule has 0 saturated heterocycles. The molecular weight excluding hydrogens is 320 g/mol. The number of benzene rings is 1. The van der Waals surface area contributed by atoms with Gasteiger partial charge in [-0.25, -0.2) is 4.79 Å². The van der Waals surface area contributed by atoms with Crippen LogP contribution in [-0.2, 0) is 16.1 Å². The molecule has 140 valence electrons. The Morgan fingerprint density at radius 1 is 1.32 bits per heavy atom. The van der Waals surface area contributed by atoms with Crippen molar-refractivity contribution >= 4 is 17.7 Å². The van der Waals surface area contributed by atoms with Crippen LogP contribution in [0.2, 0.25) is 0 Å². The Labute approximate surface area is 150 Å². The first kappa shape index (κ1) is 20.8.